The number of pyridine rings is 1. The first-order valence-electron chi connectivity index (χ1n) is 10.5. The van der Waals surface area contributed by atoms with Crippen LogP contribution in [0, 0.1) is 12.7 Å². The number of benzene rings is 2. The van der Waals surface area contributed by atoms with Crippen LogP contribution in [0.25, 0.3) is 16.6 Å². The standard InChI is InChI=1S/C25H23FN6/c1-16-21(26)9-8-19-14-20(17(2)30-23-10-12-27-22-11-13-29-32(22)23)25(31-24(16)19)28-15-18-6-4-3-5-7-18/h3-14,17,30H,15H2,1-2H3,(H,28,31)/t17-/m0/s1. The number of fused-ring (bicyclic) bond motifs is 2. The monoisotopic (exact) mass is 426 g/mol. The van der Waals surface area contributed by atoms with E-state index in [1.54, 1.807) is 29.9 Å². The molecule has 0 unspecified atom stereocenters. The second-order valence-corrected chi connectivity index (χ2v) is 7.81. The number of hydrogen-bond donors (Lipinski definition) is 2. The minimum absolute atomic E-state index is 0.0923. The molecular formula is C25H23FN6. The zero-order chi connectivity index (χ0) is 22.1. The molecule has 0 spiro atoms. The third-order valence-corrected chi connectivity index (χ3v) is 5.63. The zero-order valence-corrected chi connectivity index (χ0v) is 17.9. The molecule has 0 aliphatic heterocycles. The molecule has 1 atom stereocenters. The number of hydrogen-bond acceptors (Lipinski definition) is 5. The van der Waals surface area contributed by atoms with E-state index in [1.165, 1.54) is 6.07 Å². The maximum Gasteiger partial charge on any atom is 0.157 e. The van der Waals surface area contributed by atoms with Crippen LogP contribution >= 0.6 is 0 Å². The lowest BCUT2D eigenvalue weighted by Gasteiger charge is -2.21. The quantitative estimate of drug-likeness (QED) is 0.375. The topological polar surface area (TPSA) is 67.1 Å². The molecule has 0 radical (unpaired) electrons. The van der Waals surface area contributed by atoms with Crippen molar-refractivity contribution in [3.05, 3.63) is 95.6 Å². The van der Waals surface area contributed by atoms with Crippen molar-refractivity contribution in [2.24, 2.45) is 0 Å². The van der Waals surface area contributed by atoms with E-state index in [0.29, 0.717) is 17.6 Å². The Morgan fingerprint density at radius 1 is 1.03 bits per heavy atom. The fourth-order valence-electron chi connectivity index (χ4n) is 3.87. The lowest BCUT2D eigenvalue weighted by atomic mass is 10.0. The minimum atomic E-state index is -0.254. The van der Waals surface area contributed by atoms with Gasteiger partial charge in [0.25, 0.3) is 0 Å². The molecule has 0 bridgehead atoms. The fraction of sp³-hybridized carbons (Fsp3) is 0.160. The summed E-state index contributed by atoms with van der Waals surface area (Å²) in [6.07, 6.45) is 3.48. The number of aryl methyl sites for hydroxylation is 1. The molecule has 2 N–H and O–H groups in total. The lowest BCUT2D eigenvalue weighted by molar-refractivity contribution is 0.620. The summed E-state index contributed by atoms with van der Waals surface area (Å²) in [5.41, 5.74) is 4.10. The summed E-state index contributed by atoms with van der Waals surface area (Å²) < 4.78 is 16.0. The molecule has 0 fully saturated rings. The van der Waals surface area contributed by atoms with Gasteiger partial charge in [0.15, 0.2) is 5.65 Å². The average molecular weight is 426 g/mol. The average Bonchev–Trinajstić information content (AvgIpc) is 3.30. The smallest absolute Gasteiger partial charge is 0.157 e. The molecular weight excluding hydrogens is 403 g/mol. The molecule has 160 valence electrons. The van der Waals surface area contributed by atoms with Gasteiger partial charge in [-0.15, -0.1) is 0 Å². The van der Waals surface area contributed by atoms with E-state index in [-0.39, 0.29) is 11.9 Å². The van der Waals surface area contributed by atoms with Crippen LogP contribution in [0.5, 0.6) is 0 Å². The molecule has 6 nitrogen and oxygen atoms in total. The molecule has 0 aliphatic carbocycles. The number of rotatable bonds is 6. The Balaban J connectivity index is 1.54. The Kier molecular flexibility index (Phi) is 5.15. The molecule has 0 saturated carbocycles. The van der Waals surface area contributed by atoms with Crippen molar-refractivity contribution in [1.82, 2.24) is 19.6 Å². The van der Waals surface area contributed by atoms with Gasteiger partial charge in [-0.3, -0.25) is 0 Å². The van der Waals surface area contributed by atoms with E-state index in [9.17, 15) is 4.39 Å². The SMILES string of the molecule is Cc1c(F)ccc2cc([C@H](C)Nc3ccnc4ccnn34)c(NCc3ccccc3)nc12. The molecule has 5 aromatic rings. The van der Waals surface area contributed by atoms with Crippen molar-refractivity contribution < 1.29 is 4.39 Å². The molecule has 32 heavy (non-hydrogen) atoms. The first-order chi connectivity index (χ1) is 15.6. The van der Waals surface area contributed by atoms with Crippen LogP contribution in [0.1, 0.15) is 29.7 Å². The summed E-state index contributed by atoms with van der Waals surface area (Å²) in [5, 5.41) is 12.2. The first kappa shape index (κ1) is 19.9. The van der Waals surface area contributed by atoms with E-state index >= 15 is 0 Å². The van der Waals surface area contributed by atoms with Crippen molar-refractivity contribution >= 4 is 28.2 Å². The van der Waals surface area contributed by atoms with Crippen LogP contribution in [-0.2, 0) is 6.54 Å². The van der Waals surface area contributed by atoms with Gasteiger partial charge in [0.1, 0.15) is 17.5 Å². The number of halogens is 1. The van der Waals surface area contributed by atoms with Crippen LogP contribution in [0.15, 0.2) is 73.1 Å². The first-order valence-corrected chi connectivity index (χ1v) is 10.5. The van der Waals surface area contributed by atoms with Crippen LogP contribution < -0.4 is 10.6 Å². The van der Waals surface area contributed by atoms with E-state index in [4.69, 9.17) is 4.98 Å². The third kappa shape index (κ3) is 3.73. The molecule has 5 rings (SSSR count). The Hall–Kier alpha value is -4.00. The highest BCUT2D eigenvalue weighted by molar-refractivity contribution is 5.85. The fourth-order valence-corrected chi connectivity index (χ4v) is 3.87. The summed E-state index contributed by atoms with van der Waals surface area (Å²) in [4.78, 5) is 9.16. The summed E-state index contributed by atoms with van der Waals surface area (Å²) in [6, 6.07) is 19.1. The van der Waals surface area contributed by atoms with Gasteiger partial charge in [0.05, 0.1) is 17.8 Å². The normalized spacial score (nSPS) is 12.2. The van der Waals surface area contributed by atoms with Crippen molar-refractivity contribution in [3.8, 4) is 0 Å². The van der Waals surface area contributed by atoms with Gasteiger partial charge in [-0.2, -0.15) is 9.61 Å². The predicted octanol–water partition coefficient (Wildman–Crippen LogP) is 5.51. The summed E-state index contributed by atoms with van der Waals surface area (Å²) in [6.45, 7) is 4.45. The van der Waals surface area contributed by atoms with Crippen molar-refractivity contribution in [2.75, 3.05) is 10.6 Å². The largest absolute Gasteiger partial charge is 0.366 e. The van der Waals surface area contributed by atoms with Crippen LogP contribution in [-0.4, -0.2) is 19.6 Å². The molecule has 2 aromatic carbocycles. The van der Waals surface area contributed by atoms with Crippen molar-refractivity contribution in [1.29, 1.82) is 0 Å². The van der Waals surface area contributed by atoms with Gasteiger partial charge in [0, 0.05) is 35.3 Å². The van der Waals surface area contributed by atoms with Gasteiger partial charge in [0.2, 0.25) is 0 Å². The number of aromatic nitrogens is 4. The second-order valence-electron chi connectivity index (χ2n) is 7.81. The van der Waals surface area contributed by atoms with Crippen molar-refractivity contribution in [3.63, 3.8) is 0 Å². The number of nitrogens with zero attached hydrogens (tertiary/aromatic N) is 4. The maximum atomic E-state index is 14.2. The number of anilines is 2. The molecule has 3 aromatic heterocycles. The molecule has 0 aliphatic rings. The highest BCUT2D eigenvalue weighted by atomic mass is 19.1. The highest BCUT2D eigenvalue weighted by Crippen LogP contribution is 2.30. The van der Waals surface area contributed by atoms with Gasteiger partial charge in [-0.25, -0.2) is 14.4 Å². The molecule has 3 heterocycles. The zero-order valence-electron chi connectivity index (χ0n) is 17.9. The third-order valence-electron chi connectivity index (χ3n) is 5.63. The highest BCUT2D eigenvalue weighted by Gasteiger charge is 2.17. The second kappa shape index (κ2) is 8.26. The van der Waals surface area contributed by atoms with E-state index < -0.39 is 0 Å². The van der Waals surface area contributed by atoms with Gasteiger partial charge >= 0.3 is 0 Å². The molecule has 0 saturated heterocycles. The number of nitrogens with one attached hydrogen (secondary N) is 2. The van der Waals surface area contributed by atoms with Gasteiger partial charge < -0.3 is 10.6 Å². The maximum absolute atomic E-state index is 14.2. The Morgan fingerprint density at radius 2 is 1.88 bits per heavy atom. The van der Waals surface area contributed by atoms with E-state index in [0.717, 1.165) is 33.8 Å². The molecule has 0 amide bonds. The van der Waals surface area contributed by atoms with Crippen LogP contribution in [0.4, 0.5) is 16.0 Å². The van der Waals surface area contributed by atoms with Crippen LogP contribution in [0.2, 0.25) is 0 Å². The summed E-state index contributed by atoms with van der Waals surface area (Å²) in [7, 11) is 0. The lowest BCUT2D eigenvalue weighted by Crippen LogP contribution is -2.14. The Bertz CT molecular complexity index is 1400. The minimum Gasteiger partial charge on any atom is -0.366 e. The van der Waals surface area contributed by atoms with E-state index in [2.05, 4.69) is 45.8 Å². The summed E-state index contributed by atoms with van der Waals surface area (Å²) in [5.74, 6) is 1.30. The van der Waals surface area contributed by atoms with Crippen LogP contribution in [0.3, 0.4) is 0 Å². The van der Waals surface area contributed by atoms with Gasteiger partial charge in [-0.05, 0) is 43.7 Å². The van der Waals surface area contributed by atoms with Gasteiger partial charge in [-0.1, -0.05) is 30.3 Å². The van der Waals surface area contributed by atoms with E-state index in [1.807, 2.05) is 30.3 Å². The Morgan fingerprint density at radius 3 is 2.72 bits per heavy atom. The van der Waals surface area contributed by atoms with Crippen molar-refractivity contribution in [2.45, 2.75) is 26.4 Å². The summed E-state index contributed by atoms with van der Waals surface area (Å²) >= 11 is 0. The molecule has 7 heteroatoms. The predicted molar refractivity (Wildman–Crippen MR) is 125 cm³/mol. The Labute approximate surface area is 185 Å².